The van der Waals surface area contributed by atoms with Crippen LogP contribution in [-0.2, 0) is 11.2 Å². The number of thiophene rings is 1. The lowest BCUT2D eigenvalue weighted by Crippen LogP contribution is -2.57. The number of anilines is 1. The molecule has 4 nitrogen and oxygen atoms in total. The summed E-state index contributed by atoms with van der Waals surface area (Å²) in [6, 6.07) is 9.14. The average molecular weight is 363 g/mol. The summed E-state index contributed by atoms with van der Waals surface area (Å²) in [6.07, 6.45) is 0.909. The van der Waals surface area contributed by atoms with Crippen LogP contribution in [0.2, 0.25) is 5.02 Å². The van der Waals surface area contributed by atoms with Crippen molar-refractivity contribution in [3.05, 3.63) is 51.2 Å². The van der Waals surface area contributed by atoms with E-state index in [1.54, 1.807) is 27.2 Å². The molecule has 24 heavy (non-hydrogen) atoms. The topological polar surface area (TPSA) is 40.6 Å². The third-order valence-corrected chi connectivity index (χ3v) is 5.64. The summed E-state index contributed by atoms with van der Waals surface area (Å²) >= 11 is 7.79. The van der Waals surface area contributed by atoms with Gasteiger partial charge in [-0.25, -0.2) is 0 Å². The van der Waals surface area contributed by atoms with Crippen molar-refractivity contribution in [2.45, 2.75) is 26.3 Å². The lowest BCUT2D eigenvalue weighted by atomic mass is 10.1. The number of nitrogens with zero attached hydrogens (tertiary/aromatic N) is 2. The number of amides is 2. The Kier molecular flexibility index (Phi) is 4.92. The maximum absolute atomic E-state index is 12.7. The van der Waals surface area contributed by atoms with Gasteiger partial charge in [0, 0.05) is 22.8 Å². The summed E-state index contributed by atoms with van der Waals surface area (Å²) in [5.41, 5.74) is 1.37. The molecule has 0 radical (unpaired) electrons. The Morgan fingerprint density at radius 1 is 1.38 bits per heavy atom. The van der Waals surface area contributed by atoms with E-state index < -0.39 is 0 Å². The minimum atomic E-state index is -0.111. The van der Waals surface area contributed by atoms with E-state index in [1.807, 2.05) is 36.6 Å². The molecule has 0 N–H and O–H groups in total. The first-order valence-electron chi connectivity index (χ1n) is 7.94. The molecule has 3 rings (SSSR count). The lowest BCUT2D eigenvalue weighted by Gasteiger charge is -2.39. The lowest BCUT2D eigenvalue weighted by molar-refractivity contribution is -0.121. The smallest absolute Gasteiger partial charge is 0.255 e. The fraction of sp³-hybridized carbons (Fsp3) is 0.333. The number of carbonyl (C=O) groups excluding carboxylic acids is 2. The summed E-state index contributed by atoms with van der Waals surface area (Å²) in [4.78, 5) is 29.8. The number of hydrogen-bond acceptors (Lipinski definition) is 3. The van der Waals surface area contributed by atoms with Crippen LogP contribution in [0.4, 0.5) is 5.69 Å². The molecule has 2 amide bonds. The number of rotatable bonds is 3. The molecule has 0 bridgehead atoms. The van der Waals surface area contributed by atoms with Crippen molar-refractivity contribution in [3.8, 4) is 0 Å². The average Bonchev–Trinajstić information content (AvgIpc) is 3.06. The standard InChI is InChI=1S/C18H19ClN2O2S/c1-3-14-8-13(11-24-14)18(23)20-10-17(22)21(9-12(20)2)16-7-5-4-6-15(16)19/h4-8,11-12H,3,9-10H2,1-2H3. The number of piperazine rings is 1. The van der Waals surface area contributed by atoms with Gasteiger partial charge in [-0.15, -0.1) is 11.3 Å². The maximum Gasteiger partial charge on any atom is 0.255 e. The van der Waals surface area contributed by atoms with Crippen molar-refractivity contribution in [1.82, 2.24) is 4.90 Å². The van der Waals surface area contributed by atoms with E-state index in [9.17, 15) is 9.59 Å². The molecule has 1 aromatic carbocycles. The van der Waals surface area contributed by atoms with E-state index in [0.717, 1.165) is 6.42 Å². The largest absolute Gasteiger partial charge is 0.325 e. The predicted molar refractivity (Wildman–Crippen MR) is 98.0 cm³/mol. The third-order valence-electron chi connectivity index (χ3n) is 4.24. The van der Waals surface area contributed by atoms with E-state index in [0.29, 0.717) is 22.8 Å². The highest BCUT2D eigenvalue weighted by Gasteiger charge is 2.34. The molecular weight excluding hydrogens is 344 g/mol. The minimum absolute atomic E-state index is 0.0720. The monoisotopic (exact) mass is 362 g/mol. The van der Waals surface area contributed by atoms with Crippen LogP contribution in [0.15, 0.2) is 35.7 Å². The van der Waals surface area contributed by atoms with Crippen molar-refractivity contribution >= 4 is 40.4 Å². The SMILES string of the molecule is CCc1cc(C(=O)N2CC(=O)N(c3ccccc3Cl)CC2C)cs1. The highest BCUT2D eigenvalue weighted by molar-refractivity contribution is 7.10. The molecule has 126 valence electrons. The van der Waals surface area contributed by atoms with Crippen molar-refractivity contribution in [3.63, 3.8) is 0 Å². The third kappa shape index (κ3) is 3.19. The Bertz CT molecular complexity index is 774. The predicted octanol–water partition coefficient (Wildman–Crippen LogP) is 3.84. The van der Waals surface area contributed by atoms with Gasteiger partial charge < -0.3 is 9.80 Å². The first kappa shape index (κ1) is 17.0. The van der Waals surface area contributed by atoms with Crippen molar-refractivity contribution in [2.24, 2.45) is 0 Å². The van der Waals surface area contributed by atoms with Crippen LogP contribution in [0.25, 0.3) is 0 Å². The Morgan fingerprint density at radius 3 is 2.79 bits per heavy atom. The maximum atomic E-state index is 12.7. The van der Waals surface area contributed by atoms with Gasteiger partial charge in [0.1, 0.15) is 6.54 Å². The molecule has 0 aliphatic carbocycles. The zero-order chi connectivity index (χ0) is 17.3. The quantitative estimate of drug-likeness (QED) is 0.832. The second kappa shape index (κ2) is 6.95. The van der Waals surface area contributed by atoms with E-state index in [-0.39, 0.29) is 24.4 Å². The minimum Gasteiger partial charge on any atom is -0.325 e. The second-order valence-corrected chi connectivity index (χ2v) is 7.30. The molecule has 1 atom stereocenters. The van der Waals surface area contributed by atoms with Gasteiger partial charge in [-0.2, -0.15) is 0 Å². The van der Waals surface area contributed by atoms with E-state index >= 15 is 0 Å². The van der Waals surface area contributed by atoms with Gasteiger partial charge in [0.25, 0.3) is 5.91 Å². The number of hydrogen-bond donors (Lipinski definition) is 0. The molecule has 2 heterocycles. The van der Waals surface area contributed by atoms with Crippen LogP contribution in [-0.4, -0.2) is 35.8 Å². The van der Waals surface area contributed by atoms with Gasteiger partial charge in [0.05, 0.1) is 16.3 Å². The number of carbonyl (C=O) groups is 2. The number of halogens is 1. The van der Waals surface area contributed by atoms with Gasteiger partial charge in [-0.05, 0) is 31.5 Å². The highest BCUT2D eigenvalue weighted by Crippen LogP contribution is 2.28. The van der Waals surface area contributed by atoms with Crippen LogP contribution in [0, 0.1) is 0 Å². The Hall–Kier alpha value is -1.85. The van der Waals surface area contributed by atoms with E-state index in [1.165, 1.54) is 4.88 Å². The van der Waals surface area contributed by atoms with Gasteiger partial charge in [-0.1, -0.05) is 30.7 Å². The molecule has 1 aromatic heterocycles. The summed E-state index contributed by atoms with van der Waals surface area (Å²) < 4.78 is 0. The Balaban J connectivity index is 1.79. The fourth-order valence-electron chi connectivity index (χ4n) is 2.87. The van der Waals surface area contributed by atoms with Crippen LogP contribution in [0.3, 0.4) is 0 Å². The molecule has 0 spiro atoms. The molecule has 1 aliphatic rings. The van der Waals surface area contributed by atoms with Crippen molar-refractivity contribution < 1.29 is 9.59 Å². The summed E-state index contributed by atoms with van der Waals surface area (Å²) in [6.45, 7) is 4.54. The Morgan fingerprint density at radius 2 is 2.12 bits per heavy atom. The van der Waals surface area contributed by atoms with Gasteiger partial charge >= 0.3 is 0 Å². The van der Waals surface area contributed by atoms with E-state index in [4.69, 9.17) is 11.6 Å². The first-order chi connectivity index (χ1) is 11.5. The molecule has 2 aromatic rings. The number of para-hydroxylation sites is 1. The zero-order valence-corrected chi connectivity index (χ0v) is 15.2. The van der Waals surface area contributed by atoms with Gasteiger partial charge in [0.2, 0.25) is 5.91 Å². The first-order valence-corrected chi connectivity index (χ1v) is 9.20. The number of benzene rings is 1. The van der Waals surface area contributed by atoms with Gasteiger partial charge in [0.15, 0.2) is 0 Å². The fourth-order valence-corrected chi connectivity index (χ4v) is 3.92. The van der Waals surface area contributed by atoms with E-state index in [2.05, 4.69) is 6.92 Å². The van der Waals surface area contributed by atoms with Crippen LogP contribution in [0.5, 0.6) is 0 Å². The molecule has 1 saturated heterocycles. The van der Waals surface area contributed by atoms with Crippen LogP contribution < -0.4 is 4.90 Å². The highest BCUT2D eigenvalue weighted by atomic mass is 35.5. The summed E-state index contributed by atoms with van der Waals surface area (Å²) in [7, 11) is 0. The Labute approximate surface area is 150 Å². The summed E-state index contributed by atoms with van der Waals surface area (Å²) in [5, 5.41) is 2.42. The van der Waals surface area contributed by atoms with Crippen molar-refractivity contribution in [1.29, 1.82) is 0 Å². The summed E-state index contributed by atoms with van der Waals surface area (Å²) in [5.74, 6) is -0.189. The molecule has 1 fully saturated rings. The van der Waals surface area contributed by atoms with Crippen molar-refractivity contribution in [2.75, 3.05) is 18.0 Å². The molecule has 1 unspecified atom stereocenters. The number of aryl methyl sites for hydroxylation is 1. The van der Waals surface area contributed by atoms with Crippen LogP contribution in [0.1, 0.15) is 29.1 Å². The zero-order valence-electron chi connectivity index (χ0n) is 13.7. The molecule has 1 aliphatic heterocycles. The normalized spacial score (nSPS) is 18.1. The molecular formula is C18H19ClN2O2S. The van der Waals surface area contributed by atoms with Gasteiger partial charge in [-0.3, -0.25) is 9.59 Å². The van der Waals surface area contributed by atoms with Crippen LogP contribution >= 0.6 is 22.9 Å². The molecule has 6 heteroatoms. The second-order valence-electron chi connectivity index (χ2n) is 5.89. The molecule has 0 saturated carbocycles.